The molecule has 4 aromatic carbocycles. The van der Waals surface area contributed by atoms with Crippen LogP contribution in [0.4, 0.5) is 22.7 Å². The van der Waals surface area contributed by atoms with Gasteiger partial charge in [0.2, 0.25) is 0 Å². The first kappa shape index (κ1) is 42.0. The number of nitrogens with zero attached hydrogens (tertiary/aromatic N) is 4. The lowest BCUT2D eigenvalue weighted by Crippen LogP contribution is -2.37. The minimum atomic E-state index is -0.916. The fourth-order valence-corrected chi connectivity index (χ4v) is 11.3. The molecule has 0 bridgehead atoms. The molecule has 62 heavy (non-hydrogen) atoms. The maximum Gasteiger partial charge on any atom is 0.163 e. The maximum atomic E-state index is 11.7. The van der Waals surface area contributed by atoms with Gasteiger partial charge in [-0.3, -0.25) is 9.98 Å². The van der Waals surface area contributed by atoms with Gasteiger partial charge >= 0.3 is 0 Å². The molecule has 5 aromatic rings. The zero-order chi connectivity index (χ0) is 43.0. The number of hydrogen-bond acceptors (Lipinski definition) is 14. The van der Waals surface area contributed by atoms with E-state index in [0.29, 0.717) is 64.5 Å². The summed E-state index contributed by atoms with van der Waals surface area (Å²) in [5, 5.41) is 27.0. The van der Waals surface area contributed by atoms with Crippen LogP contribution in [0.3, 0.4) is 0 Å². The summed E-state index contributed by atoms with van der Waals surface area (Å²) in [6.07, 6.45) is 5.75. The van der Waals surface area contributed by atoms with E-state index in [4.69, 9.17) is 33.7 Å². The molecule has 4 atom stereocenters. The van der Waals surface area contributed by atoms with Crippen molar-refractivity contribution in [2.45, 2.75) is 82.0 Å². The number of ether oxygens (including phenoxy) is 5. The second-order valence-electron chi connectivity index (χ2n) is 16.6. The monoisotopic (exact) mass is 875 g/mol. The number of para-hydroxylation sites is 2. The van der Waals surface area contributed by atoms with Crippen LogP contribution in [0.2, 0.25) is 0 Å². The summed E-state index contributed by atoms with van der Waals surface area (Å²) in [4.78, 5) is 13.9. The van der Waals surface area contributed by atoms with Gasteiger partial charge in [0.1, 0.15) is 19.0 Å². The Hall–Kier alpha value is -5.28. The minimum Gasteiger partial charge on any atom is -0.493 e. The summed E-state index contributed by atoms with van der Waals surface area (Å²) in [6, 6.07) is 27.6. The molecule has 0 radical (unpaired) electrons. The van der Waals surface area contributed by atoms with Crippen LogP contribution >= 0.6 is 21.6 Å². The van der Waals surface area contributed by atoms with Crippen molar-refractivity contribution in [3.63, 3.8) is 0 Å². The van der Waals surface area contributed by atoms with Crippen LogP contribution in [0.1, 0.15) is 72.8 Å². The number of hydrogen-bond donors (Lipinski definition) is 3. The smallest absolute Gasteiger partial charge is 0.163 e. The molecule has 0 spiro atoms. The van der Waals surface area contributed by atoms with E-state index in [1.807, 2.05) is 88.6 Å². The van der Waals surface area contributed by atoms with Gasteiger partial charge in [-0.15, -0.1) is 0 Å². The lowest BCUT2D eigenvalue weighted by Gasteiger charge is -2.30. The summed E-state index contributed by atoms with van der Waals surface area (Å²) >= 11 is 0. The highest BCUT2D eigenvalue weighted by Gasteiger charge is 2.38. The molecule has 1 aromatic heterocycles. The van der Waals surface area contributed by atoms with E-state index in [1.165, 1.54) is 11.1 Å². The van der Waals surface area contributed by atoms with Gasteiger partial charge in [0.05, 0.1) is 50.0 Å². The van der Waals surface area contributed by atoms with Gasteiger partial charge in [-0.25, -0.2) is 0 Å². The lowest BCUT2D eigenvalue weighted by molar-refractivity contribution is 0.166. The van der Waals surface area contributed by atoms with Crippen molar-refractivity contribution in [1.29, 1.82) is 0 Å². The van der Waals surface area contributed by atoms with Gasteiger partial charge in [0.15, 0.2) is 35.5 Å². The molecule has 9 rings (SSSR count). The van der Waals surface area contributed by atoms with E-state index in [9.17, 15) is 10.2 Å². The van der Waals surface area contributed by atoms with Crippen molar-refractivity contribution in [3.05, 3.63) is 119 Å². The van der Waals surface area contributed by atoms with E-state index in [2.05, 4.69) is 48.5 Å². The maximum absolute atomic E-state index is 11.7. The number of rotatable bonds is 15. The molecule has 0 amide bonds. The van der Waals surface area contributed by atoms with Gasteiger partial charge in [0.25, 0.3) is 0 Å². The summed E-state index contributed by atoms with van der Waals surface area (Å²) in [6.45, 7) is 5.95. The Morgan fingerprint density at radius 3 is 2.08 bits per heavy atom. The van der Waals surface area contributed by atoms with Crippen LogP contribution in [0.15, 0.2) is 89.9 Å². The fraction of sp³-hybridized carbons (Fsp3) is 0.375. The van der Waals surface area contributed by atoms with Gasteiger partial charge in [-0.1, -0.05) is 58.0 Å². The number of methoxy groups -OCH3 is 2. The third-order valence-corrected chi connectivity index (χ3v) is 14.7. The SMILES string of the molecule is COc1cc2c(cc1OCc1cc(OCCCC(C)(C)SSC)cc(COc3cc4c(cc3OC)C(O)N3c5ccccc5CC3CN4)n1)N=CC1Cc3ccccc3N1C2O. The highest BCUT2D eigenvalue weighted by atomic mass is 33.1. The number of aliphatic hydroxyl groups is 2. The third-order valence-electron chi connectivity index (χ3n) is 12.0. The molecule has 324 valence electrons. The van der Waals surface area contributed by atoms with Crippen LogP contribution in [-0.4, -0.2) is 71.9 Å². The first-order valence-corrected chi connectivity index (χ1v) is 23.6. The molecule has 4 aliphatic heterocycles. The Kier molecular flexibility index (Phi) is 12.1. The largest absolute Gasteiger partial charge is 0.493 e. The molecule has 0 aliphatic carbocycles. The summed E-state index contributed by atoms with van der Waals surface area (Å²) in [7, 11) is 6.85. The van der Waals surface area contributed by atoms with Crippen molar-refractivity contribution in [2.24, 2.45) is 4.99 Å². The average molecular weight is 876 g/mol. The Labute approximate surface area is 371 Å². The fourth-order valence-electron chi connectivity index (χ4n) is 9.03. The Bertz CT molecular complexity index is 2470. The van der Waals surface area contributed by atoms with E-state index in [1.54, 1.807) is 25.0 Å². The molecular weight excluding hydrogens is 823 g/mol. The number of nitrogens with one attached hydrogen (secondary N) is 1. The van der Waals surface area contributed by atoms with E-state index in [0.717, 1.165) is 48.3 Å². The highest BCUT2D eigenvalue weighted by Crippen LogP contribution is 2.47. The van der Waals surface area contributed by atoms with Gasteiger partial charge in [0, 0.05) is 76.4 Å². The molecular formula is C48H53N5O7S2. The lowest BCUT2D eigenvalue weighted by atomic mass is 10.1. The number of aliphatic imine (C=N–C) groups is 1. The first-order valence-electron chi connectivity index (χ1n) is 21.0. The van der Waals surface area contributed by atoms with Crippen LogP contribution in [0.5, 0.6) is 28.7 Å². The molecule has 4 unspecified atom stereocenters. The Balaban J connectivity index is 0.951. The topological polar surface area (TPSA) is 130 Å². The van der Waals surface area contributed by atoms with Crippen LogP contribution in [-0.2, 0) is 26.1 Å². The van der Waals surface area contributed by atoms with Crippen molar-refractivity contribution >= 4 is 50.6 Å². The number of aliphatic hydroxyl groups excluding tert-OH is 2. The number of pyridine rings is 1. The van der Waals surface area contributed by atoms with Crippen molar-refractivity contribution in [3.8, 4) is 28.7 Å². The molecule has 3 N–H and O–H groups in total. The number of benzene rings is 4. The Morgan fingerprint density at radius 2 is 1.39 bits per heavy atom. The average Bonchev–Trinajstić information content (AvgIpc) is 3.77. The predicted molar refractivity (Wildman–Crippen MR) is 248 cm³/mol. The van der Waals surface area contributed by atoms with Gasteiger partial charge in [-0.2, -0.15) is 0 Å². The second kappa shape index (κ2) is 17.8. The second-order valence-corrected chi connectivity index (χ2v) is 19.7. The number of aromatic nitrogens is 1. The molecule has 5 heterocycles. The van der Waals surface area contributed by atoms with Crippen LogP contribution < -0.4 is 38.8 Å². The summed E-state index contributed by atoms with van der Waals surface area (Å²) in [5.41, 5.74) is 8.51. The number of fused-ring (bicyclic) bond motifs is 8. The van der Waals surface area contributed by atoms with Gasteiger partial charge in [-0.05, 0) is 74.8 Å². The van der Waals surface area contributed by atoms with Crippen molar-refractivity contribution in [1.82, 2.24) is 4.98 Å². The van der Waals surface area contributed by atoms with E-state index >= 15 is 0 Å². The standard InChI is InChI=1S/C48H53N5O7S2/c1-48(2,62-61-5)15-10-16-58-35-19-31(27-59-44-23-38-36(21-42(44)56-3)46(54)52-33(25-49-38)17-29-11-6-8-13-40(29)52)51-32(20-35)28-60-45-24-39-37(22-43(45)57-4)47(55)53-34(26-50-39)18-30-12-7-9-14-41(30)53/h6-9,11-14,19-25,33-34,46-47,50,54-55H,10,15-18,26-28H2,1-5H3. The van der Waals surface area contributed by atoms with E-state index < -0.39 is 12.5 Å². The zero-order valence-electron chi connectivity index (χ0n) is 35.7. The van der Waals surface area contributed by atoms with E-state index in [-0.39, 0.29) is 30.0 Å². The normalized spacial score (nSPS) is 19.5. The minimum absolute atomic E-state index is 0.0717. The van der Waals surface area contributed by atoms with Crippen LogP contribution in [0, 0.1) is 0 Å². The molecule has 0 saturated heterocycles. The summed E-state index contributed by atoms with van der Waals surface area (Å²) in [5.74, 6) is 2.64. The van der Waals surface area contributed by atoms with Crippen LogP contribution in [0.25, 0.3) is 0 Å². The van der Waals surface area contributed by atoms with Gasteiger partial charge < -0.3 is 49.0 Å². The number of anilines is 3. The highest BCUT2D eigenvalue weighted by molar-refractivity contribution is 8.76. The molecule has 0 fully saturated rings. The first-order chi connectivity index (χ1) is 30.1. The third kappa shape index (κ3) is 8.45. The molecule has 12 nitrogen and oxygen atoms in total. The molecule has 4 aliphatic rings. The zero-order valence-corrected chi connectivity index (χ0v) is 37.3. The van der Waals surface area contributed by atoms with Crippen molar-refractivity contribution in [2.75, 3.05) is 48.7 Å². The quantitative estimate of drug-likeness (QED) is 0.0684. The predicted octanol–water partition coefficient (Wildman–Crippen LogP) is 9.19. The summed E-state index contributed by atoms with van der Waals surface area (Å²) < 4.78 is 31.1. The van der Waals surface area contributed by atoms with Crippen molar-refractivity contribution < 1.29 is 33.9 Å². The Morgan fingerprint density at radius 1 is 0.758 bits per heavy atom. The molecule has 14 heteroatoms. The molecule has 0 saturated carbocycles.